The molecule has 0 spiro atoms. The van der Waals surface area contributed by atoms with Crippen molar-refractivity contribution in [1.29, 1.82) is 0 Å². The fourth-order valence-electron chi connectivity index (χ4n) is 2.10. The van der Waals surface area contributed by atoms with Gasteiger partial charge in [-0.15, -0.1) is 0 Å². The van der Waals surface area contributed by atoms with Gasteiger partial charge in [-0.2, -0.15) is 0 Å². The maximum atomic E-state index is 11.5. The molecule has 0 atom stereocenters. The quantitative estimate of drug-likeness (QED) is 0.550. The van der Waals surface area contributed by atoms with Gasteiger partial charge in [0.2, 0.25) is 20.0 Å². The average Bonchev–Trinajstić information content (AvgIpc) is 2.40. The molecule has 2 aliphatic heterocycles. The molecule has 0 aromatic heterocycles. The van der Waals surface area contributed by atoms with E-state index in [1.54, 1.807) is 0 Å². The smallest absolute Gasteiger partial charge is 0.410 e. The zero-order chi connectivity index (χ0) is 19.4. The van der Waals surface area contributed by atoms with Gasteiger partial charge < -0.3 is 15.0 Å². The molecule has 1 amide bonds. The van der Waals surface area contributed by atoms with Crippen molar-refractivity contribution in [2.45, 2.75) is 17.1 Å². The van der Waals surface area contributed by atoms with E-state index in [0.29, 0.717) is 13.1 Å². The van der Waals surface area contributed by atoms with E-state index in [0.717, 1.165) is 5.56 Å². The number of carbonyl (C=O) groups excluding carboxylic acids is 1. The number of nitrogens with two attached hydrogens (primary N) is 2. The number of sulfonamides is 2. The first-order valence-corrected chi connectivity index (χ1v) is 11.0. The van der Waals surface area contributed by atoms with Crippen LogP contribution in [0.25, 0.3) is 0 Å². The molecule has 5 N–H and O–H groups in total. The second kappa shape index (κ2) is 8.31. The summed E-state index contributed by atoms with van der Waals surface area (Å²) >= 11 is 0. The molecular formula is C14H22N4O6S2. The number of hydrogen-bond acceptors (Lipinski definition) is 7. The van der Waals surface area contributed by atoms with Crippen LogP contribution in [0.2, 0.25) is 0 Å². The Morgan fingerprint density at radius 3 is 1.96 bits per heavy atom. The summed E-state index contributed by atoms with van der Waals surface area (Å²) in [5, 5.41) is 11.5. The Hall–Kier alpha value is -1.73. The Kier molecular flexibility index (Phi) is 6.58. The lowest BCUT2D eigenvalue weighted by Gasteiger charge is -2.36. The summed E-state index contributed by atoms with van der Waals surface area (Å²) in [5.41, 5.74) is 0.884. The highest BCUT2D eigenvalue weighted by Crippen LogP contribution is 2.15. The third-order valence-corrected chi connectivity index (χ3v) is 6.47. The zero-order valence-corrected chi connectivity index (χ0v) is 15.6. The molecule has 0 bridgehead atoms. The summed E-state index contributed by atoms with van der Waals surface area (Å²) in [6, 6.07) is 9.26. The number of ether oxygens (including phenoxy) is 1. The van der Waals surface area contributed by atoms with Crippen LogP contribution in [0.3, 0.4) is 0 Å². The number of amides is 1. The minimum absolute atomic E-state index is 0.104. The molecule has 10 nitrogen and oxygen atoms in total. The average molecular weight is 406 g/mol. The van der Waals surface area contributed by atoms with Gasteiger partial charge in [-0.25, -0.2) is 31.9 Å². The molecule has 2 aliphatic rings. The van der Waals surface area contributed by atoms with E-state index in [4.69, 9.17) is 15.0 Å². The van der Waals surface area contributed by atoms with Gasteiger partial charge in [-0.1, -0.05) is 30.3 Å². The van der Waals surface area contributed by atoms with Gasteiger partial charge in [-0.3, -0.25) is 0 Å². The first kappa shape index (κ1) is 20.6. The Morgan fingerprint density at radius 2 is 1.58 bits per heavy atom. The molecule has 26 heavy (non-hydrogen) atoms. The molecule has 1 aromatic rings. The highest BCUT2D eigenvalue weighted by Gasteiger charge is 2.38. The van der Waals surface area contributed by atoms with Gasteiger partial charge in [0.25, 0.3) is 0 Å². The van der Waals surface area contributed by atoms with Crippen LogP contribution < -0.4 is 15.6 Å². The second-order valence-corrected chi connectivity index (χ2v) is 9.71. The van der Waals surface area contributed by atoms with Crippen LogP contribution >= 0.6 is 0 Å². The molecule has 2 fully saturated rings. The lowest BCUT2D eigenvalue weighted by atomic mass is 10.2. The normalized spacial score (nSPS) is 18.2. The summed E-state index contributed by atoms with van der Waals surface area (Å²) in [5.74, 6) is 0. The highest BCUT2D eigenvalue weighted by molar-refractivity contribution is 7.90. The summed E-state index contributed by atoms with van der Waals surface area (Å²) in [4.78, 5) is 12.9. The first-order chi connectivity index (χ1) is 12.1. The van der Waals surface area contributed by atoms with Crippen molar-refractivity contribution in [2.24, 2.45) is 10.3 Å². The molecule has 1 aromatic carbocycles. The van der Waals surface area contributed by atoms with Gasteiger partial charge in [0, 0.05) is 26.2 Å². The predicted octanol–water partition coefficient (Wildman–Crippen LogP) is -1.46. The number of primary sulfonamides is 2. The van der Waals surface area contributed by atoms with E-state index in [9.17, 15) is 21.6 Å². The summed E-state index contributed by atoms with van der Waals surface area (Å²) < 4.78 is 47.7. The predicted molar refractivity (Wildman–Crippen MR) is 94.9 cm³/mol. The Labute approximate surface area is 152 Å². The highest BCUT2D eigenvalue weighted by atomic mass is 32.2. The lowest BCUT2D eigenvalue weighted by molar-refractivity contribution is 0.0767. The van der Waals surface area contributed by atoms with Crippen molar-refractivity contribution >= 4 is 26.1 Å². The molecule has 3 rings (SSSR count). The van der Waals surface area contributed by atoms with Crippen molar-refractivity contribution in [3.05, 3.63) is 35.9 Å². The molecule has 0 aliphatic carbocycles. The largest absolute Gasteiger partial charge is 0.445 e. The van der Waals surface area contributed by atoms with E-state index < -0.39 is 31.4 Å². The molecule has 12 heteroatoms. The van der Waals surface area contributed by atoms with Crippen molar-refractivity contribution in [3.63, 3.8) is 0 Å². The number of nitrogens with zero attached hydrogens (tertiary/aromatic N) is 1. The fraction of sp³-hybridized carbons (Fsp3) is 0.500. The van der Waals surface area contributed by atoms with E-state index in [1.807, 2.05) is 30.3 Å². The number of hydrogen-bond donors (Lipinski definition) is 3. The molecule has 2 saturated heterocycles. The maximum absolute atomic E-state index is 11.5. The Bertz CT molecular complexity index is 818. The maximum Gasteiger partial charge on any atom is 0.410 e. The molecule has 0 radical (unpaired) electrons. The van der Waals surface area contributed by atoms with Crippen LogP contribution in [0.15, 0.2) is 30.3 Å². The molecular weight excluding hydrogens is 384 g/mol. The lowest BCUT2D eigenvalue weighted by Crippen LogP contribution is -2.58. The van der Waals surface area contributed by atoms with Gasteiger partial charge in [0.1, 0.15) is 11.9 Å². The number of carbonyl (C=O) groups is 1. The zero-order valence-electron chi connectivity index (χ0n) is 13.9. The van der Waals surface area contributed by atoms with E-state index in [-0.39, 0.29) is 24.9 Å². The fourth-order valence-corrected chi connectivity index (χ4v) is 3.58. The van der Waals surface area contributed by atoms with Crippen LogP contribution in [-0.4, -0.2) is 64.5 Å². The molecule has 146 valence electrons. The van der Waals surface area contributed by atoms with Crippen LogP contribution in [0.4, 0.5) is 4.79 Å². The van der Waals surface area contributed by atoms with Gasteiger partial charge in [0.15, 0.2) is 0 Å². The SMILES string of the molecule is NS(=O)(=O)C1CN(C(=O)OCc2ccccc2)C1.NS(=O)(=O)C1CNC1. The summed E-state index contributed by atoms with van der Waals surface area (Å²) in [6.07, 6.45) is -0.515. The van der Waals surface area contributed by atoms with E-state index in [2.05, 4.69) is 5.32 Å². The first-order valence-electron chi connectivity index (χ1n) is 7.77. The van der Waals surface area contributed by atoms with Crippen molar-refractivity contribution in [3.8, 4) is 0 Å². The third kappa shape index (κ3) is 5.92. The molecule has 0 unspecified atom stereocenters. The third-order valence-electron chi connectivity index (χ3n) is 3.98. The van der Waals surface area contributed by atoms with Crippen LogP contribution in [0, 0.1) is 0 Å². The van der Waals surface area contributed by atoms with Crippen molar-refractivity contribution < 1.29 is 26.4 Å². The Morgan fingerprint density at radius 1 is 1.04 bits per heavy atom. The van der Waals surface area contributed by atoms with Gasteiger partial charge in [-0.05, 0) is 5.56 Å². The number of benzene rings is 1. The number of nitrogens with one attached hydrogen (secondary N) is 1. The van der Waals surface area contributed by atoms with E-state index >= 15 is 0 Å². The topological polar surface area (TPSA) is 162 Å². The monoisotopic (exact) mass is 406 g/mol. The van der Waals surface area contributed by atoms with Crippen molar-refractivity contribution in [2.75, 3.05) is 26.2 Å². The van der Waals surface area contributed by atoms with Crippen LogP contribution in [0.1, 0.15) is 5.56 Å². The van der Waals surface area contributed by atoms with Gasteiger partial charge >= 0.3 is 6.09 Å². The summed E-state index contributed by atoms with van der Waals surface area (Å²) in [6.45, 7) is 1.41. The van der Waals surface area contributed by atoms with Crippen molar-refractivity contribution in [1.82, 2.24) is 10.2 Å². The number of likely N-dealkylation sites (tertiary alicyclic amines) is 1. The molecule has 2 heterocycles. The summed E-state index contributed by atoms with van der Waals surface area (Å²) in [7, 11) is -6.78. The molecule has 0 saturated carbocycles. The van der Waals surface area contributed by atoms with Gasteiger partial charge in [0.05, 0.1) is 5.25 Å². The van der Waals surface area contributed by atoms with E-state index in [1.165, 1.54) is 4.90 Å². The van der Waals surface area contributed by atoms with Crippen LogP contribution in [-0.2, 0) is 31.4 Å². The standard InChI is InChI=1S/C11H14N2O4S.C3H8N2O2S/c12-18(15,16)10-6-13(7-10)11(14)17-8-9-4-2-1-3-5-9;4-8(6,7)3-1-5-2-3/h1-5,10H,6-8H2,(H2,12,15,16);3,5H,1-2H2,(H2,4,6,7). The minimum atomic E-state index is -3.55. The second-order valence-electron chi connectivity index (χ2n) is 6.03. The Balaban J connectivity index is 0.000000254. The number of rotatable bonds is 4. The van der Waals surface area contributed by atoms with Crippen LogP contribution in [0.5, 0.6) is 0 Å². The minimum Gasteiger partial charge on any atom is -0.445 e.